The molecule has 2 bridgehead atoms. The summed E-state index contributed by atoms with van der Waals surface area (Å²) < 4.78 is 2.23. The van der Waals surface area contributed by atoms with E-state index in [0.717, 1.165) is 42.1 Å². The van der Waals surface area contributed by atoms with Crippen LogP contribution in [-0.4, -0.2) is 57.5 Å². The molecule has 6 rings (SSSR count). The van der Waals surface area contributed by atoms with Gasteiger partial charge in [-0.15, -0.1) is 0 Å². The van der Waals surface area contributed by atoms with Gasteiger partial charge in [-0.3, -0.25) is 4.79 Å². The molecule has 5 heterocycles. The molecule has 23 heavy (non-hydrogen) atoms. The average Bonchev–Trinajstić information content (AvgIpc) is 2.82. The number of nitrogens with zero attached hydrogens (tertiary/aromatic N) is 4. The molecule has 1 aromatic carbocycles. The molecular formula is C18H22N4O. The lowest BCUT2D eigenvalue weighted by Crippen LogP contribution is -2.58. The van der Waals surface area contributed by atoms with Crippen molar-refractivity contribution in [1.82, 2.24) is 19.4 Å². The monoisotopic (exact) mass is 310 g/mol. The van der Waals surface area contributed by atoms with Crippen LogP contribution in [0.25, 0.3) is 11.0 Å². The van der Waals surface area contributed by atoms with E-state index in [1.54, 1.807) is 0 Å². The third kappa shape index (κ3) is 1.89. The Balaban J connectivity index is 1.58. The number of para-hydroxylation sites is 1. The van der Waals surface area contributed by atoms with Gasteiger partial charge >= 0.3 is 0 Å². The topological polar surface area (TPSA) is 41.4 Å². The van der Waals surface area contributed by atoms with Gasteiger partial charge in [-0.25, -0.2) is 4.98 Å². The zero-order chi connectivity index (χ0) is 15.6. The number of aryl methyl sites for hydroxylation is 1. The number of piperidine rings is 3. The van der Waals surface area contributed by atoms with Crippen LogP contribution < -0.4 is 0 Å². The van der Waals surface area contributed by atoms with Gasteiger partial charge in [0.2, 0.25) is 0 Å². The third-order valence-corrected chi connectivity index (χ3v) is 6.04. The SMILES string of the molecule is Cc1nc2cccc3c2n1CCN([C@H]1CN2CCC1CC2)C3=O. The first kappa shape index (κ1) is 13.5. The summed E-state index contributed by atoms with van der Waals surface area (Å²) in [5, 5.41) is 0. The van der Waals surface area contributed by atoms with Crippen LogP contribution in [0.2, 0.25) is 0 Å². The summed E-state index contributed by atoms with van der Waals surface area (Å²) >= 11 is 0. The molecule has 3 fully saturated rings. The molecule has 1 aromatic heterocycles. The Morgan fingerprint density at radius 2 is 1.96 bits per heavy atom. The number of hydrogen-bond donors (Lipinski definition) is 0. The first-order chi connectivity index (χ1) is 11.2. The van der Waals surface area contributed by atoms with E-state index in [9.17, 15) is 4.79 Å². The highest BCUT2D eigenvalue weighted by molar-refractivity contribution is 6.05. The van der Waals surface area contributed by atoms with Crippen molar-refractivity contribution >= 4 is 16.9 Å². The predicted octanol–water partition coefficient (Wildman–Crippen LogP) is 1.89. The van der Waals surface area contributed by atoms with Gasteiger partial charge in [0, 0.05) is 25.7 Å². The van der Waals surface area contributed by atoms with Gasteiger partial charge in [0.15, 0.2) is 0 Å². The van der Waals surface area contributed by atoms with Gasteiger partial charge in [-0.05, 0) is 50.9 Å². The zero-order valence-corrected chi connectivity index (χ0v) is 13.5. The van der Waals surface area contributed by atoms with Crippen molar-refractivity contribution in [2.45, 2.75) is 32.4 Å². The summed E-state index contributed by atoms with van der Waals surface area (Å²) in [6.07, 6.45) is 2.48. The Labute approximate surface area is 135 Å². The van der Waals surface area contributed by atoms with E-state index in [0.29, 0.717) is 12.0 Å². The van der Waals surface area contributed by atoms with Crippen molar-refractivity contribution in [3.63, 3.8) is 0 Å². The summed E-state index contributed by atoms with van der Waals surface area (Å²) in [6, 6.07) is 6.34. The van der Waals surface area contributed by atoms with Crippen molar-refractivity contribution in [1.29, 1.82) is 0 Å². The zero-order valence-electron chi connectivity index (χ0n) is 13.5. The number of rotatable bonds is 1. The molecule has 0 unspecified atom stereocenters. The fraction of sp³-hybridized carbons (Fsp3) is 0.556. The predicted molar refractivity (Wildman–Crippen MR) is 88.5 cm³/mol. The summed E-state index contributed by atoms with van der Waals surface area (Å²) in [5.74, 6) is 1.89. The number of carbonyl (C=O) groups excluding carboxylic acids is 1. The van der Waals surface area contributed by atoms with Gasteiger partial charge in [-0.2, -0.15) is 0 Å². The maximum absolute atomic E-state index is 13.3. The number of carbonyl (C=O) groups is 1. The third-order valence-electron chi connectivity index (χ3n) is 6.04. The molecule has 4 aliphatic heterocycles. The normalized spacial score (nSPS) is 30.0. The van der Waals surface area contributed by atoms with Crippen LogP contribution in [0.1, 0.15) is 29.0 Å². The summed E-state index contributed by atoms with van der Waals surface area (Å²) in [7, 11) is 0. The van der Waals surface area contributed by atoms with Crippen LogP contribution in [0.4, 0.5) is 0 Å². The first-order valence-electron chi connectivity index (χ1n) is 8.71. The minimum Gasteiger partial charge on any atom is -0.332 e. The fourth-order valence-corrected chi connectivity index (χ4v) is 4.82. The van der Waals surface area contributed by atoms with E-state index in [2.05, 4.69) is 19.4 Å². The second-order valence-electron chi connectivity index (χ2n) is 7.19. The molecule has 0 saturated carbocycles. The molecular weight excluding hydrogens is 288 g/mol. The first-order valence-corrected chi connectivity index (χ1v) is 8.71. The minimum atomic E-state index is 0.202. The second kappa shape index (κ2) is 4.81. The van der Waals surface area contributed by atoms with E-state index < -0.39 is 0 Å². The molecule has 0 N–H and O–H groups in total. The molecule has 3 saturated heterocycles. The number of amides is 1. The quantitative estimate of drug-likeness (QED) is 0.808. The molecule has 4 aliphatic rings. The maximum Gasteiger partial charge on any atom is 0.256 e. The lowest BCUT2D eigenvalue weighted by molar-refractivity contribution is 0.00722. The number of fused-ring (bicyclic) bond motifs is 3. The van der Waals surface area contributed by atoms with E-state index >= 15 is 0 Å². The van der Waals surface area contributed by atoms with Gasteiger partial charge < -0.3 is 14.4 Å². The van der Waals surface area contributed by atoms with Crippen LogP contribution in [-0.2, 0) is 6.54 Å². The minimum absolute atomic E-state index is 0.202. The molecule has 0 aliphatic carbocycles. The van der Waals surface area contributed by atoms with Gasteiger partial charge in [0.05, 0.1) is 16.6 Å². The highest BCUT2D eigenvalue weighted by atomic mass is 16.2. The smallest absolute Gasteiger partial charge is 0.256 e. The van der Waals surface area contributed by atoms with Crippen molar-refractivity contribution < 1.29 is 4.79 Å². The van der Waals surface area contributed by atoms with Crippen molar-refractivity contribution in [3.05, 3.63) is 29.6 Å². The standard InChI is InChI=1S/C18H22N4O/c1-12-19-15-4-2-3-14-17(15)21(12)9-10-22(18(14)23)16-11-20-7-5-13(16)6-8-20/h2-4,13,16H,5-11H2,1H3/t16-/m0/s1. The fourth-order valence-electron chi connectivity index (χ4n) is 4.82. The summed E-state index contributed by atoms with van der Waals surface area (Å²) in [5.41, 5.74) is 2.81. The van der Waals surface area contributed by atoms with Crippen molar-refractivity contribution in [3.8, 4) is 0 Å². The summed E-state index contributed by atoms with van der Waals surface area (Å²) in [4.78, 5) is 22.6. The van der Waals surface area contributed by atoms with Crippen LogP contribution in [0.5, 0.6) is 0 Å². The van der Waals surface area contributed by atoms with Crippen LogP contribution in [0.3, 0.4) is 0 Å². The molecule has 5 nitrogen and oxygen atoms in total. The van der Waals surface area contributed by atoms with Crippen LogP contribution >= 0.6 is 0 Å². The Morgan fingerprint density at radius 3 is 2.70 bits per heavy atom. The highest BCUT2D eigenvalue weighted by Gasteiger charge is 2.40. The van der Waals surface area contributed by atoms with E-state index in [4.69, 9.17) is 0 Å². The average molecular weight is 310 g/mol. The Hall–Kier alpha value is -1.88. The number of aromatic nitrogens is 2. The van der Waals surface area contributed by atoms with E-state index in [-0.39, 0.29) is 5.91 Å². The Morgan fingerprint density at radius 1 is 1.13 bits per heavy atom. The number of hydrogen-bond acceptors (Lipinski definition) is 3. The van der Waals surface area contributed by atoms with Crippen LogP contribution in [0, 0.1) is 12.8 Å². The lowest BCUT2D eigenvalue weighted by atomic mass is 9.83. The Bertz CT molecular complexity index is 788. The van der Waals surface area contributed by atoms with E-state index in [1.807, 2.05) is 25.1 Å². The molecule has 1 amide bonds. The maximum atomic E-state index is 13.3. The van der Waals surface area contributed by atoms with Gasteiger partial charge in [0.25, 0.3) is 5.91 Å². The molecule has 1 atom stereocenters. The Kier molecular flexibility index (Phi) is 2.83. The molecule has 2 aromatic rings. The summed E-state index contributed by atoms with van der Waals surface area (Å²) in [6.45, 7) is 7.17. The number of imidazole rings is 1. The molecule has 120 valence electrons. The molecule has 0 spiro atoms. The van der Waals surface area contributed by atoms with E-state index in [1.165, 1.54) is 25.9 Å². The largest absolute Gasteiger partial charge is 0.332 e. The van der Waals surface area contributed by atoms with Gasteiger partial charge in [0.1, 0.15) is 5.82 Å². The van der Waals surface area contributed by atoms with Crippen LogP contribution in [0.15, 0.2) is 18.2 Å². The number of benzene rings is 1. The van der Waals surface area contributed by atoms with Crippen molar-refractivity contribution in [2.24, 2.45) is 5.92 Å². The molecule has 5 heteroatoms. The molecule has 0 radical (unpaired) electrons. The highest BCUT2D eigenvalue weighted by Crippen LogP contribution is 2.33. The lowest BCUT2D eigenvalue weighted by Gasteiger charge is -2.48. The second-order valence-corrected chi connectivity index (χ2v) is 7.19. The van der Waals surface area contributed by atoms with Crippen molar-refractivity contribution in [2.75, 3.05) is 26.2 Å². The van der Waals surface area contributed by atoms with Gasteiger partial charge in [-0.1, -0.05) is 6.07 Å².